The van der Waals surface area contributed by atoms with E-state index < -0.39 is 0 Å². The highest BCUT2D eigenvalue weighted by Crippen LogP contribution is 2.22. The molecule has 0 aliphatic heterocycles. The molecule has 0 fully saturated rings. The Morgan fingerprint density at radius 3 is 2.50 bits per heavy atom. The molecule has 0 amide bonds. The second-order valence-electron chi connectivity index (χ2n) is 4.16. The number of nitrogens with zero attached hydrogens (tertiary/aromatic N) is 1. The van der Waals surface area contributed by atoms with Gasteiger partial charge in [0.05, 0.1) is 10.0 Å². The van der Waals surface area contributed by atoms with Crippen molar-refractivity contribution < 1.29 is 0 Å². The van der Waals surface area contributed by atoms with Gasteiger partial charge in [-0.2, -0.15) is 0 Å². The zero-order chi connectivity index (χ0) is 12.0. The smallest absolute Gasteiger partial charge is 0.0595 e. The van der Waals surface area contributed by atoms with Crippen molar-refractivity contribution in [1.82, 2.24) is 4.90 Å². The van der Waals surface area contributed by atoms with E-state index in [1.165, 1.54) is 18.4 Å². The van der Waals surface area contributed by atoms with Crippen molar-refractivity contribution in [2.45, 2.75) is 26.2 Å². The molecule has 0 N–H and O–H groups in total. The highest BCUT2D eigenvalue weighted by atomic mass is 35.5. The first-order valence-corrected chi connectivity index (χ1v) is 6.51. The van der Waals surface area contributed by atoms with Gasteiger partial charge in [-0.3, -0.25) is 0 Å². The maximum Gasteiger partial charge on any atom is 0.0595 e. The molecule has 0 heterocycles. The van der Waals surface area contributed by atoms with Crippen LogP contribution in [0.2, 0.25) is 10.0 Å². The molecule has 3 heteroatoms. The molecular formula is C13H19Cl2N. The molecule has 1 aromatic carbocycles. The van der Waals surface area contributed by atoms with Gasteiger partial charge in [0.1, 0.15) is 0 Å². The SMILES string of the molecule is CCCCN(C)CCc1ccc(Cl)c(Cl)c1. The maximum absolute atomic E-state index is 5.97. The first-order chi connectivity index (χ1) is 7.63. The van der Waals surface area contributed by atoms with Crippen molar-refractivity contribution in [2.24, 2.45) is 0 Å². The molecule has 0 spiro atoms. The molecule has 0 aromatic heterocycles. The van der Waals surface area contributed by atoms with Crippen molar-refractivity contribution in [3.63, 3.8) is 0 Å². The van der Waals surface area contributed by atoms with Crippen LogP contribution in [0.4, 0.5) is 0 Å². The average Bonchev–Trinajstić information content (AvgIpc) is 2.28. The minimum Gasteiger partial charge on any atom is -0.306 e. The van der Waals surface area contributed by atoms with Crippen LogP contribution in [0.1, 0.15) is 25.3 Å². The Hall–Kier alpha value is -0.240. The monoisotopic (exact) mass is 259 g/mol. The van der Waals surface area contributed by atoms with Gasteiger partial charge in [0.25, 0.3) is 0 Å². The number of likely N-dealkylation sites (N-methyl/N-ethyl adjacent to an activating group) is 1. The topological polar surface area (TPSA) is 3.24 Å². The zero-order valence-corrected chi connectivity index (χ0v) is 11.5. The molecule has 0 saturated carbocycles. The third-order valence-corrected chi connectivity index (χ3v) is 3.40. The summed E-state index contributed by atoms with van der Waals surface area (Å²) in [6.07, 6.45) is 3.53. The van der Waals surface area contributed by atoms with E-state index in [-0.39, 0.29) is 0 Å². The van der Waals surface area contributed by atoms with Gasteiger partial charge in [-0.15, -0.1) is 0 Å². The molecule has 0 bridgehead atoms. The molecule has 0 radical (unpaired) electrons. The third-order valence-electron chi connectivity index (χ3n) is 2.66. The van der Waals surface area contributed by atoms with Crippen molar-refractivity contribution in [3.8, 4) is 0 Å². The third kappa shape index (κ3) is 4.73. The quantitative estimate of drug-likeness (QED) is 0.738. The molecule has 0 atom stereocenters. The summed E-state index contributed by atoms with van der Waals surface area (Å²) in [4.78, 5) is 2.35. The summed E-state index contributed by atoms with van der Waals surface area (Å²) in [5.41, 5.74) is 1.25. The van der Waals surface area contributed by atoms with Crippen LogP contribution in [0.15, 0.2) is 18.2 Å². The lowest BCUT2D eigenvalue weighted by Gasteiger charge is -2.16. The van der Waals surface area contributed by atoms with Crippen LogP contribution in [-0.2, 0) is 6.42 Å². The van der Waals surface area contributed by atoms with Gasteiger partial charge in [0.15, 0.2) is 0 Å². The Balaban J connectivity index is 2.39. The Bertz CT molecular complexity index is 326. The lowest BCUT2D eigenvalue weighted by atomic mass is 10.1. The van der Waals surface area contributed by atoms with Crippen LogP contribution in [0.3, 0.4) is 0 Å². The van der Waals surface area contributed by atoms with Crippen molar-refractivity contribution in [2.75, 3.05) is 20.1 Å². The largest absolute Gasteiger partial charge is 0.306 e. The summed E-state index contributed by atoms with van der Waals surface area (Å²) >= 11 is 11.8. The minimum atomic E-state index is 0.629. The van der Waals surface area contributed by atoms with Crippen molar-refractivity contribution in [3.05, 3.63) is 33.8 Å². The molecule has 1 nitrogen and oxygen atoms in total. The van der Waals surface area contributed by atoms with Gasteiger partial charge < -0.3 is 4.90 Å². The van der Waals surface area contributed by atoms with E-state index >= 15 is 0 Å². The summed E-state index contributed by atoms with van der Waals surface area (Å²) in [6, 6.07) is 5.87. The fraction of sp³-hybridized carbons (Fsp3) is 0.538. The Labute approximate surface area is 108 Å². The minimum absolute atomic E-state index is 0.629. The molecule has 1 aromatic rings. The molecular weight excluding hydrogens is 241 g/mol. The highest BCUT2D eigenvalue weighted by molar-refractivity contribution is 6.42. The summed E-state index contributed by atoms with van der Waals surface area (Å²) in [5.74, 6) is 0. The molecule has 90 valence electrons. The van der Waals surface area contributed by atoms with Crippen LogP contribution in [0.5, 0.6) is 0 Å². The van der Waals surface area contributed by atoms with Crippen LogP contribution in [0.25, 0.3) is 0 Å². The summed E-state index contributed by atoms with van der Waals surface area (Å²) in [5, 5.41) is 1.28. The van der Waals surface area contributed by atoms with Crippen molar-refractivity contribution in [1.29, 1.82) is 0 Å². The number of unbranched alkanes of at least 4 members (excludes halogenated alkanes) is 1. The van der Waals surface area contributed by atoms with E-state index in [1.807, 2.05) is 18.2 Å². The second kappa shape index (κ2) is 7.16. The standard InChI is InChI=1S/C13H19Cl2N/c1-3-4-8-16(2)9-7-11-5-6-12(14)13(15)10-11/h5-6,10H,3-4,7-9H2,1-2H3. The number of hydrogen-bond acceptors (Lipinski definition) is 1. The Kier molecular flexibility index (Phi) is 6.18. The van der Waals surface area contributed by atoms with E-state index in [4.69, 9.17) is 23.2 Å². The summed E-state index contributed by atoms with van der Waals surface area (Å²) < 4.78 is 0. The molecule has 1 rings (SSSR count). The molecule has 0 unspecified atom stereocenters. The van der Waals surface area contributed by atoms with Gasteiger partial charge in [-0.1, -0.05) is 42.6 Å². The van der Waals surface area contributed by atoms with E-state index in [9.17, 15) is 0 Å². The molecule has 0 aliphatic rings. The van der Waals surface area contributed by atoms with Gasteiger partial charge >= 0.3 is 0 Å². The molecule has 16 heavy (non-hydrogen) atoms. The van der Waals surface area contributed by atoms with Crippen LogP contribution >= 0.6 is 23.2 Å². The fourth-order valence-corrected chi connectivity index (χ4v) is 1.88. The number of benzene rings is 1. The number of halogens is 2. The number of rotatable bonds is 6. The lowest BCUT2D eigenvalue weighted by Crippen LogP contribution is -2.22. The summed E-state index contributed by atoms with van der Waals surface area (Å²) in [7, 11) is 2.16. The van der Waals surface area contributed by atoms with Crippen molar-refractivity contribution >= 4 is 23.2 Å². The Morgan fingerprint density at radius 2 is 1.88 bits per heavy atom. The normalized spacial score (nSPS) is 11.1. The average molecular weight is 260 g/mol. The number of hydrogen-bond donors (Lipinski definition) is 0. The van der Waals surface area contributed by atoms with Crippen LogP contribution < -0.4 is 0 Å². The van der Waals surface area contributed by atoms with E-state index in [0.29, 0.717) is 10.0 Å². The zero-order valence-electron chi connectivity index (χ0n) is 9.97. The van der Waals surface area contributed by atoms with Gasteiger partial charge in [-0.25, -0.2) is 0 Å². The molecule has 0 aliphatic carbocycles. The van der Waals surface area contributed by atoms with Gasteiger partial charge in [0.2, 0.25) is 0 Å². The van der Waals surface area contributed by atoms with E-state index in [1.54, 1.807) is 0 Å². The highest BCUT2D eigenvalue weighted by Gasteiger charge is 2.01. The second-order valence-corrected chi connectivity index (χ2v) is 4.97. The summed E-state index contributed by atoms with van der Waals surface area (Å²) in [6.45, 7) is 4.45. The fourth-order valence-electron chi connectivity index (χ4n) is 1.55. The maximum atomic E-state index is 5.97. The molecule has 0 saturated heterocycles. The van der Waals surface area contributed by atoms with Gasteiger partial charge in [0, 0.05) is 6.54 Å². The lowest BCUT2D eigenvalue weighted by molar-refractivity contribution is 0.332. The van der Waals surface area contributed by atoms with E-state index in [2.05, 4.69) is 18.9 Å². The van der Waals surface area contributed by atoms with Crippen LogP contribution in [0, 0.1) is 0 Å². The van der Waals surface area contributed by atoms with Gasteiger partial charge in [-0.05, 0) is 44.1 Å². The first-order valence-electron chi connectivity index (χ1n) is 5.76. The predicted molar refractivity (Wildman–Crippen MR) is 72.6 cm³/mol. The van der Waals surface area contributed by atoms with Crippen LogP contribution in [-0.4, -0.2) is 25.0 Å². The Morgan fingerprint density at radius 1 is 1.12 bits per heavy atom. The van der Waals surface area contributed by atoms with E-state index in [0.717, 1.165) is 19.5 Å². The predicted octanol–water partition coefficient (Wildman–Crippen LogP) is 4.27. The first kappa shape index (κ1) is 13.8.